The predicted octanol–water partition coefficient (Wildman–Crippen LogP) is 6.02. The molecule has 0 radical (unpaired) electrons. The van der Waals surface area contributed by atoms with Crippen LogP contribution in [-0.4, -0.2) is 47.3 Å². The zero-order valence-corrected chi connectivity index (χ0v) is 20.5. The first-order valence-electron chi connectivity index (χ1n) is 11.5. The monoisotopic (exact) mass is 442 g/mol. The number of hydrogen-bond donors (Lipinski definition) is 2. The molecule has 0 saturated carbocycles. The quantitative estimate of drug-likeness (QED) is 0.489. The molecule has 1 heterocycles. The van der Waals surface area contributed by atoms with Crippen molar-refractivity contribution in [3.63, 3.8) is 0 Å². The molecule has 2 unspecified atom stereocenters. The van der Waals surface area contributed by atoms with Gasteiger partial charge in [0, 0.05) is 30.6 Å². The molecule has 2 aromatic carbocycles. The highest BCUT2D eigenvalue weighted by Gasteiger charge is 2.48. The maximum atomic E-state index is 12.2. The van der Waals surface area contributed by atoms with Gasteiger partial charge in [0.2, 0.25) is 0 Å². The summed E-state index contributed by atoms with van der Waals surface area (Å²) in [4.78, 5) is 3.31. The molecule has 0 saturated heterocycles. The smallest absolute Gasteiger partial charge is 0.115 e. The van der Waals surface area contributed by atoms with E-state index in [0.29, 0.717) is 0 Å². The Hall–Kier alpha value is -1.69. The average Bonchev–Trinajstić information content (AvgIpc) is 2.84. The fourth-order valence-corrected chi connectivity index (χ4v) is 5.98. The van der Waals surface area contributed by atoms with Crippen LogP contribution >= 0.6 is 11.9 Å². The van der Waals surface area contributed by atoms with E-state index < -0.39 is 6.10 Å². The summed E-state index contributed by atoms with van der Waals surface area (Å²) in [6.07, 6.45) is 5.79. The number of phenolic OH excluding ortho intramolecular Hbond substituents is 1. The van der Waals surface area contributed by atoms with Crippen molar-refractivity contribution in [1.82, 2.24) is 4.31 Å². The molecule has 0 bridgehead atoms. The summed E-state index contributed by atoms with van der Waals surface area (Å²) in [7, 11) is 6.26. The lowest BCUT2D eigenvalue weighted by Crippen LogP contribution is -2.54. The van der Waals surface area contributed by atoms with Gasteiger partial charge < -0.3 is 15.1 Å². The van der Waals surface area contributed by atoms with E-state index >= 15 is 0 Å². The lowest BCUT2D eigenvalue weighted by Gasteiger charge is -2.45. The number of phenols is 1. The summed E-state index contributed by atoms with van der Waals surface area (Å²) < 4.78 is 2.34. The maximum Gasteiger partial charge on any atom is 0.115 e. The molecule has 31 heavy (non-hydrogen) atoms. The van der Waals surface area contributed by atoms with Crippen molar-refractivity contribution in [1.29, 1.82) is 0 Å². The van der Waals surface area contributed by atoms with Crippen LogP contribution in [0.3, 0.4) is 0 Å². The van der Waals surface area contributed by atoms with Gasteiger partial charge in [0.1, 0.15) is 5.75 Å². The fraction of sp³-hybridized carbons (Fsp3) is 0.538. The van der Waals surface area contributed by atoms with E-state index in [2.05, 4.69) is 62.4 Å². The Bertz CT molecular complexity index is 845. The van der Waals surface area contributed by atoms with Gasteiger partial charge in [-0.2, -0.15) is 0 Å². The Morgan fingerprint density at radius 2 is 1.61 bits per heavy atom. The zero-order chi connectivity index (χ0) is 22.6. The van der Waals surface area contributed by atoms with E-state index in [1.807, 2.05) is 12.1 Å². The van der Waals surface area contributed by atoms with Crippen molar-refractivity contribution in [2.45, 2.75) is 74.8 Å². The predicted molar refractivity (Wildman–Crippen MR) is 132 cm³/mol. The molecule has 170 valence electrons. The third-order valence-electron chi connectivity index (χ3n) is 6.75. The van der Waals surface area contributed by atoms with Gasteiger partial charge in [-0.15, -0.1) is 0 Å². The number of benzene rings is 2. The molecule has 0 spiro atoms. The van der Waals surface area contributed by atoms with Crippen LogP contribution in [0.15, 0.2) is 47.4 Å². The molecule has 2 N–H and O–H groups in total. The third kappa shape index (κ3) is 4.89. The maximum absolute atomic E-state index is 12.2. The van der Waals surface area contributed by atoms with E-state index in [1.165, 1.54) is 4.90 Å². The van der Waals surface area contributed by atoms with Gasteiger partial charge in [-0.25, -0.2) is 4.31 Å². The molecule has 0 aromatic heterocycles. The molecule has 2 aromatic rings. The Labute approximate surface area is 192 Å². The number of rotatable bonds is 8. The first-order valence-corrected chi connectivity index (χ1v) is 12.3. The van der Waals surface area contributed by atoms with Crippen LogP contribution in [-0.2, 0) is 0 Å². The number of nitrogens with zero attached hydrogens (tertiary/aromatic N) is 2. The standard InChI is InChI=1S/C26H38N2O2S/c1-6-8-16-26(17-9-7-2)25(30)24(19-10-13-21(29)14-11-19)22-18-20(27(3)4)12-15-23(22)31-28(26)5/h10-15,18,24-25,29-30H,6-9,16-17H2,1-5H3. The normalized spacial score (nSPS) is 20.8. The van der Waals surface area contributed by atoms with Gasteiger partial charge in [0.05, 0.1) is 11.6 Å². The molecule has 0 fully saturated rings. The second kappa shape index (κ2) is 10.3. The Balaban J connectivity index is 2.20. The largest absolute Gasteiger partial charge is 0.508 e. The summed E-state index contributed by atoms with van der Waals surface area (Å²) in [5, 5.41) is 22.0. The van der Waals surface area contributed by atoms with E-state index in [0.717, 1.165) is 55.3 Å². The number of fused-ring (bicyclic) bond motifs is 1. The highest BCUT2D eigenvalue weighted by atomic mass is 32.2. The van der Waals surface area contributed by atoms with Crippen molar-refractivity contribution in [2.24, 2.45) is 0 Å². The molecule has 2 atom stereocenters. The first kappa shape index (κ1) is 24.0. The molecular formula is C26H38N2O2S. The fourth-order valence-electron chi connectivity index (χ4n) is 4.79. The summed E-state index contributed by atoms with van der Waals surface area (Å²) >= 11 is 1.77. The van der Waals surface area contributed by atoms with Gasteiger partial charge in [0.15, 0.2) is 0 Å². The lowest BCUT2D eigenvalue weighted by molar-refractivity contribution is 0.000481. The Morgan fingerprint density at radius 3 is 2.16 bits per heavy atom. The molecule has 0 amide bonds. The molecule has 1 aliphatic heterocycles. The summed E-state index contributed by atoms with van der Waals surface area (Å²) in [6, 6.07) is 14.0. The van der Waals surface area contributed by atoms with Gasteiger partial charge in [-0.1, -0.05) is 51.7 Å². The Kier molecular flexibility index (Phi) is 7.95. The summed E-state index contributed by atoms with van der Waals surface area (Å²) in [6.45, 7) is 4.44. The molecular weight excluding hydrogens is 404 g/mol. The minimum absolute atomic E-state index is 0.151. The van der Waals surface area contributed by atoms with E-state index in [1.54, 1.807) is 24.1 Å². The number of anilines is 1. The van der Waals surface area contributed by atoms with Crippen LogP contribution in [0.4, 0.5) is 5.69 Å². The first-order chi connectivity index (χ1) is 14.8. The van der Waals surface area contributed by atoms with Gasteiger partial charge in [0.25, 0.3) is 0 Å². The number of hydrogen-bond acceptors (Lipinski definition) is 5. The van der Waals surface area contributed by atoms with Crippen molar-refractivity contribution in [3.8, 4) is 5.75 Å². The average molecular weight is 443 g/mol. The van der Waals surface area contributed by atoms with Crippen LogP contribution in [0, 0.1) is 0 Å². The molecule has 3 rings (SSSR count). The topological polar surface area (TPSA) is 46.9 Å². The van der Waals surface area contributed by atoms with Crippen LogP contribution in [0.1, 0.15) is 69.4 Å². The van der Waals surface area contributed by atoms with E-state index in [-0.39, 0.29) is 17.2 Å². The van der Waals surface area contributed by atoms with Crippen molar-refractivity contribution in [3.05, 3.63) is 53.6 Å². The van der Waals surface area contributed by atoms with Crippen LogP contribution in [0.25, 0.3) is 0 Å². The molecule has 4 nitrogen and oxygen atoms in total. The highest BCUT2D eigenvalue weighted by molar-refractivity contribution is 7.97. The lowest BCUT2D eigenvalue weighted by atomic mass is 9.72. The number of aliphatic hydroxyl groups is 1. The number of aliphatic hydroxyl groups excluding tert-OH is 1. The van der Waals surface area contributed by atoms with Crippen LogP contribution in [0.2, 0.25) is 0 Å². The summed E-state index contributed by atoms with van der Waals surface area (Å²) in [5.41, 5.74) is 3.04. The minimum Gasteiger partial charge on any atom is -0.508 e. The van der Waals surface area contributed by atoms with Crippen LogP contribution in [0.5, 0.6) is 5.75 Å². The van der Waals surface area contributed by atoms with Gasteiger partial charge >= 0.3 is 0 Å². The number of unbranched alkanes of at least 4 members (excludes halogenated alkanes) is 2. The SMILES string of the molecule is CCCCC1(CCCC)C(O)C(c2ccc(O)cc2)c2cc(N(C)C)ccc2SN1C. The second-order valence-corrected chi connectivity index (χ2v) is 10.2. The van der Waals surface area contributed by atoms with E-state index in [9.17, 15) is 10.2 Å². The number of aromatic hydroxyl groups is 1. The van der Waals surface area contributed by atoms with Gasteiger partial charge in [-0.3, -0.25) is 0 Å². The second-order valence-electron chi connectivity index (χ2n) is 9.03. The highest BCUT2D eigenvalue weighted by Crippen LogP contribution is 2.50. The van der Waals surface area contributed by atoms with Gasteiger partial charge in [-0.05, 0) is 73.3 Å². The summed E-state index contributed by atoms with van der Waals surface area (Å²) in [5.74, 6) is 0.102. The Morgan fingerprint density at radius 1 is 1.00 bits per heavy atom. The van der Waals surface area contributed by atoms with E-state index in [4.69, 9.17) is 0 Å². The van der Waals surface area contributed by atoms with Crippen LogP contribution < -0.4 is 4.90 Å². The molecule has 5 heteroatoms. The number of likely N-dealkylation sites (N-methyl/N-ethyl adjacent to an activating group) is 1. The zero-order valence-electron chi connectivity index (χ0n) is 19.6. The van der Waals surface area contributed by atoms with Crippen molar-refractivity contribution >= 4 is 17.6 Å². The minimum atomic E-state index is -0.550. The molecule has 1 aliphatic rings. The third-order valence-corrected chi connectivity index (χ3v) is 7.96. The molecule has 0 aliphatic carbocycles. The van der Waals surface area contributed by atoms with Crippen molar-refractivity contribution < 1.29 is 10.2 Å². The van der Waals surface area contributed by atoms with Crippen molar-refractivity contribution in [2.75, 3.05) is 26.0 Å².